The molecule has 0 saturated heterocycles. The zero-order valence-corrected chi connectivity index (χ0v) is 12.7. The maximum Gasteiger partial charge on any atom is 0.106 e. The first-order valence-corrected chi connectivity index (χ1v) is 7.42. The third-order valence-electron chi connectivity index (χ3n) is 3.31. The molecule has 0 aliphatic carbocycles. The molecular weight excluding hydrogens is 250 g/mol. The minimum Gasteiger partial charge on any atom is -0.379 e. The van der Waals surface area contributed by atoms with Crippen LogP contribution in [-0.2, 0) is 11.3 Å². The number of aryl methyl sites for hydroxylation is 1. The van der Waals surface area contributed by atoms with E-state index in [0.29, 0.717) is 6.10 Å². The smallest absolute Gasteiger partial charge is 0.106 e. The standard InChI is InChI=1S/C16H25N3O/c1-13(2)20-12-6-9-17-10-11-19-14(3)18-15-7-4-5-8-16(15)19/h4-5,7-8,13,17H,6,9-12H2,1-3H3. The normalized spacial score (nSPS) is 11.6. The van der Waals surface area contributed by atoms with E-state index in [-0.39, 0.29) is 0 Å². The summed E-state index contributed by atoms with van der Waals surface area (Å²) in [6.07, 6.45) is 1.39. The molecule has 1 aromatic heterocycles. The number of benzene rings is 1. The monoisotopic (exact) mass is 275 g/mol. The molecule has 4 nitrogen and oxygen atoms in total. The van der Waals surface area contributed by atoms with Gasteiger partial charge in [0.25, 0.3) is 0 Å². The molecule has 0 spiro atoms. The zero-order chi connectivity index (χ0) is 14.4. The van der Waals surface area contributed by atoms with Crippen LogP contribution < -0.4 is 5.32 Å². The quantitative estimate of drug-likeness (QED) is 0.753. The van der Waals surface area contributed by atoms with E-state index in [1.165, 1.54) is 5.52 Å². The average molecular weight is 275 g/mol. The summed E-state index contributed by atoms with van der Waals surface area (Å²) in [5, 5.41) is 3.46. The summed E-state index contributed by atoms with van der Waals surface area (Å²) >= 11 is 0. The van der Waals surface area contributed by atoms with Crippen molar-refractivity contribution >= 4 is 11.0 Å². The molecule has 0 radical (unpaired) electrons. The largest absolute Gasteiger partial charge is 0.379 e. The minimum atomic E-state index is 0.329. The predicted molar refractivity (Wildman–Crippen MR) is 83.0 cm³/mol. The topological polar surface area (TPSA) is 39.1 Å². The third-order valence-corrected chi connectivity index (χ3v) is 3.31. The van der Waals surface area contributed by atoms with Crippen LogP contribution in [0.5, 0.6) is 0 Å². The zero-order valence-electron chi connectivity index (χ0n) is 12.7. The molecule has 110 valence electrons. The first-order chi connectivity index (χ1) is 9.68. The Hall–Kier alpha value is -1.39. The third kappa shape index (κ3) is 4.05. The molecule has 0 aliphatic heterocycles. The van der Waals surface area contributed by atoms with Gasteiger partial charge in [0.2, 0.25) is 0 Å². The predicted octanol–water partition coefficient (Wildman–Crippen LogP) is 2.75. The Balaban J connectivity index is 1.75. The van der Waals surface area contributed by atoms with Gasteiger partial charge in [0, 0.05) is 19.7 Å². The van der Waals surface area contributed by atoms with E-state index in [1.54, 1.807) is 0 Å². The van der Waals surface area contributed by atoms with Crippen LogP contribution in [0.1, 0.15) is 26.1 Å². The summed E-state index contributed by atoms with van der Waals surface area (Å²) in [6.45, 7) is 9.95. The van der Waals surface area contributed by atoms with Crippen molar-refractivity contribution in [3.63, 3.8) is 0 Å². The van der Waals surface area contributed by atoms with Gasteiger partial charge in [0.15, 0.2) is 0 Å². The molecule has 0 aliphatic rings. The van der Waals surface area contributed by atoms with Crippen LogP contribution >= 0.6 is 0 Å². The van der Waals surface area contributed by atoms with Gasteiger partial charge in [-0.2, -0.15) is 0 Å². The SMILES string of the molecule is Cc1nc2ccccc2n1CCNCCCOC(C)C. The maximum absolute atomic E-state index is 5.52. The summed E-state index contributed by atoms with van der Waals surface area (Å²) in [5.41, 5.74) is 2.30. The molecule has 0 fully saturated rings. The lowest BCUT2D eigenvalue weighted by Crippen LogP contribution is -2.22. The van der Waals surface area contributed by atoms with Crippen LogP contribution in [0.3, 0.4) is 0 Å². The highest BCUT2D eigenvalue weighted by Crippen LogP contribution is 2.14. The van der Waals surface area contributed by atoms with Crippen molar-refractivity contribution in [2.45, 2.75) is 39.8 Å². The number of nitrogens with one attached hydrogen (secondary N) is 1. The molecule has 4 heteroatoms. The van der Waals surface area contributed by atoms with E-state index in [0.717, 1.165) is 44.0 Å². The second-order valence-corrected chi connectivity index (χ2v) is 5.32. The Kier molecular flexibility index (Phi) is 5.56. The average Bonchev–Trinajstić information content (AvgIpc) is 2.73. The Morgan fingerprint density at radius 1 is 1.25 bits per heavy atom. The molecule has 1 heterocycles. The van der Waals surface area contributed by atoms with Crippen LogP contribution in [0.2, 0.25) is 0 Å². The molecule has 1 aromatic carbocycles. The molecule has 2 rings (SSSR count). The number of rotatable bonds is 8. The van der Waals surface area contributed by atoms with Crippen LogP contribution in [-0.4, -0.2) is 35.4 Å². The fraction of sp³-hybridized carbons (Fsp3) is 0.562. The number of nitrogens with zero attached hydrogens (tertiary/aromatic N) is 2. The van der Waals surface area contributed by atoms with Gasteiger partial charge in [-0.05, 0) is 45.9 Å². The van der Waals surface area contributed by atoms with E-state index in [9.17, 15) is 0 Å². The lowest BCUT2D eigenvalue weighted by atomic mass is 10.3. The van der Waals surface area contributed by atoms with Crippen LogP contribution in [0.25, 0.3) is 11.0 Å². The van der Waals surface area contributed by atoms with Crippen molar-refractivity contribution in [3.8, 4) is 0 Å². The Morgan fingerprint density at radius 2 is 2.05 bits per heavy atom. The number of para-hydroxylation sites is 2. The van der Waals surface area contributed by atoms with Gasteiger partial charge in [-0.3, -0.25) is 0 Å². The molecule has 0 atom stereocenters. The van der Waals surface area contributed by atoms with E-state index in [1.807, 2.05) is 6.07 Å². The van der Waals surface area contributed by atoms with Gasteiger partial charge >= 0.3 is 0 Å². The molecule has 0 unspecified atom stereocenters. The molecule has 0 amide bonds. The molecular formula is C16H25N3O. The summed E-state index contributed by atoms with van der Waals surface area (Å²) in [5.74, 6) is 1.08. The van der Waals surface area contributed by atoms with Gasteiger partial charge in [0.1, 0.15) is 5.82 Å². The van der Waals surface area contributed by atoms with Gasteiger partial charge in [0.05, 0.1) is 17.1 Å². The second kappa shape index (κ2) is 7.41. The van der Waals surface area contributed by atoms with E-state index < -0.39 is 0 Å². The first kappa shape index (κ1) is 15.0. The highest BCUT2D eigenvalue weighted by molar-refractivity contribution is 5.75. The van der Waals surface area contributed by atoms with E-state index >= 15 is 0 Å². The minimum absolute atomic E-state index is 0.329. The highest BCUT2D eigenvalue weighted by atomic mass is 16.5. The van der Waals surface area contributed by atoms with E-state index in [4.69, 9.17) is 4.74 Å². The van der Waals surface area contributed by atoms with Crippen LogP contribution in [0.15, 0.2) is 24.3 Å². The lowest BCUT2D eigenvalue weighted by Gasteiger charge is -2.10. The van der Waals surface area contributed by atoms with Gasteiger partial charge < -0.3 is 14.6 Å². The number of hydrogen-bond acceptors (Lipinski definition) is 3. The number of fused-ring (bicyclic) bond motifs is 1. The number of imidazole rings is 1. The fourth-order valence-corrected chi connectivity index (χ4v) is 2.31. The Labute approximate surface area is 121 Å². The van der Waals surface area contributed by atoms with Crippen molar-refractivity contribution in [2.75, 3.05) is 19.7 Å². The van der Waals surface area contributed by atoms with Crippen molar-refractivity contribution < 1.29 is 4.74 Å². The van der Waals surface area contributed by atoms with Crippen LogP contribution in [0, 0.1) is 6.92 Å². The number of aromatic nitrogens is 2. The second-order valence-electron chi connectivity index (χ2n) is 5.32. The number of hydrogen-bond donors (Lipinski definition) is 1. The highest BCUT2D eigenvalue weighted by Gasteiger charge is 2.05. The maximum atomic E-state index is 5.52. The first-order valence-electron chi connectivity index (χ1n) is 7.42. The molecule has 1 N–H and O–H groups in total. The molecule has 0 saturated carbocycles. The summed E-state index contributed by atoms with van der Waals surface area (Å²) in [4.78, 5) is 4.58. The molecule has 2 aromatic rings. The molecule has 0 bridgehead atoms. The van der Waals surface area contributed by atoms with Gasteiger partial charge in [-0.25, -0.2) is 4.98 Å². The molecule has 20 heavy (non-hydrogen) atoms. The van der Waals surface area contributed by atoms with E-state index in [2.05, 4.69) is 53.8 Å². The summed E-state index contributed by atoms with van der Waals surface area (Å²) in [7, 11) is 0. The van der Waals surface area contributed by atoms with Crippen LogP contribution in [0.4, 0.5) is 0 Å². The van der Waals surface area contributed by atoms with Gasteiger partial charge in [-0.1, -0.05) is 12.1 Å². The van der Waals surface area contributed by atoms with Crippen molar-refractivity contribution in [2.24, 2.45) is 0 Å². The Bertz CT molecular complexity index is 534. The lowest BCUT2D eigenvalue weighted by molar-refractivity contribution is 0.0771. The summed E-state index contributed by atoms with van der Waals surface area (Å²) in [6, 6.07) is 8.30. The number of ether oxygens (including phenoxy) is 1. The van der Waals surface area contributed by atoms with Crippen molar-refractivity contribution in [1.29, 1.82) is 0 Å². The van der Waals surface area contributed by atoms with Gasteiger partial charge in [-0.15, -0.1) is 0 Å². The Morgan fingerprint density at radius 3 is 2.85 bits per heavy atom. The fourth-order valence-electron chi connectivity index (χ4n) is 2.31. The summed E-state index contributed by atoms with van der Waals surface area (Å²) < 4.78 is 7.79. The van der Waals surface area contributed by atoms with Crippen molar-refractivity contribution in [1.82, 2.24) is 14.9 Å². The van der Waals surface area contributed by atoms with Crippen molar-refractivity contribution in [3.05, 3.63) is 30.1 Å².